The highest BCUT2D eigenvalue weighted by Gasteiger charge is 2.20. The van der Waals surface area contributed by atoms with Gasteiger partial charge in [0.1, 0.15) is 10.7 Å². The first-order chi connectivity index (χ1) is 10.8. The Balaban J connectivity index is 2.04. The number of amidine groups is 1. The third-order valence-electron chi connectivity index (χ3n) is 2.86. The molecule has 9 nitrogen and oxygen atoms in total. The second-order valence-corrected chi connectivity index (χ2v) is 7.36. The van der Waals surface area contributed by atoms with E-state index in [1.54, 1.807) is 0 Å². The lowest BCUT2D eigenvalue weighted by atomic mass is 10.2. The summed E-state index contributed by atoms with van der Waals surface area (Å²) >= 11 is 7.14. The predicted molar refractivity (Wildman–Crippen MR) is 85.7 cm³/mol. The molecule has 1 aliphatic heterocycles. The normalized spacial score (nSPS) is 13.7. The summed E-state index contributed by atoms with van der Waals surface area (Å²) in [5.41, 5.74) is 0.544. The maximum Gasteiger partial charge on any atom is 0.294 e. The van der Waals surface area contributed by atoms with Gasteiger partial charge in [-0.25, -0.2) is 18.5 Å². The van der Waals surface area contributed by atoms with E-state index in [0.29, 0.717) is 35.7 Å². The number of primary sulfonamides is 1. The number of sulfonamides is 1. The Morgan fingerprint density at radius 1 is 1.43 bits per heavy atom. The average molecular weight is 381 g/mol. The van der Waals surface area contributed by atoms with E-state index in [9.17, 15) is 18.5 Å². The number of aliphatic imine (C=N–C) groups is 1. The van der Waals surface area contributed by atoms with Crippen LogP contribution in [0.5, 0.6) is 0 Å². The molecule has 0 radical (unpaired) electrons. The van der Waals surface area contributed by atoms with Crippen molar-refractivity contribution in [1.82, 2.24) is 4.72 Å². The quantitative estimate of drug-likeness (QED) is 0.319. The monoisotopic (exact) mass is 380 g/mol. The Hall–Kier alpha value is -1.56. The van der Waals surface area contributed by atoms with Gasteiger partial charge >= 0.3 is 0 Å². The van der Waals surface area contributed by atoms with Crippen LogP contribution in [0.4, 0.5) is 5.69 Å². The van der Waals surface area contributed by atoms with Crippen LogP contribution >= 0.6 is 23.5 Å². The van der Waals surface area contributed by atoms with Crippen molar-refractivity contribution in [2.24, 2.45) is 10.1 Å². The number of halogens is 1. The molecular formula is C11H13ClN4O5S2. The maximum absolute atomic E-state index is 11.4. The zero-order chi connectivity index (χ0) is 17.0. The van der Waals surface area contributed by atoms with E-state index < -0.39 is 15.1 Å². The molecule has 0 spiro atoms. The van der Waals surface area contributed by atoms with E-state index in [1.165, 1.54) is 24.1 Å². The molecule has 0 amide bonds. The van der Waals surface area contributed by atoms with Gasteiger partial charge in [0.05, 0.1) is 22.2 Å². The van der Waals surface area contributed by atoms with Gasteiger partial charge in [-0.3, -0.25) is 0 Å². The molecule has 3 N–H and O–H groups in total. The van der Waals surface area contributed by atoms with Gasteiger partial charge < -0.3 is 9.56 Å². The number of nitrogens with one attached hydrogen (secondary N) is 1. The van der Waals surface area contributed by atoms with Crippen LogP contribution in [0.25, 0.3) is 0 Å². The highest BCUT2D eigenvalue weighted by atomic mass is 35.5. The van der Waals surface area contributed by atoms with Gasteiger partial charge in [0.2, 0.25) is 10.0 Å². The fourth-order valence-corrected chi connectivity index (χ4v) is 3.76. The summed E-state index contributed by atoms with van der Waals surface area (Å²) in [4.78, 5) is 19.0. The summed E-state index contributed by atoms with van der Waals surface area (Å²) in [5, 5.41) is 14.3. The molecule has 0 saturated carbocycles. The van der Waals surface area contributed by atoms with Crippen LogP contribution in [0, 0.1) is 10.1 Å². The van der Waals surface area contributed by atoms with Gasteiger partial charge in [-0.2, -0.15) is 0 Å². The Morgan fingerprint density at radius 2 is 2.17 bits per heavy atom. The molecule has 0 aromatic heterocycles. The molecule has 126 valence electrons. The van der Waals surface area contributed by atoms with Crippen LogP contribution in [0.1, 0.15) is 19.3 Å². The highest BCUT2D eigenvalue weighted by molar-refractivity contribution is 7.98. The molecule has 0 fully saturated rings. The number of hydrogen-bond acceptors (Lipinski definition) is 8. The van der Waals surface area contributed by atoms with Gasteiger partial charge in [-0.05, 0) is 36.9 Å². The minimum absolute atomic E-state index is 0.0104. The van der Waals surface area contributed by atoms with Crippen molar-refractivity contribution >= 4 is 45.1 Å². The topological polar surface area (TPSA) is 137 Å². The van der Waals surface area contributed by atoms with Crippen molar-refractivity contribution in [3.63, 3.8) is 0 Å². The maximum atomic E-state index is 11.4. The minimum atomic E-state index is -3.90. The van der Waals surface area contributed by atoms with Crippen molar-refractivity contribution in [3.8, 4) is 0 Å². The molecule has 1 aromatic rings. The lowest BCUT2D eigenvalue weighted by molar-refractivity contribution is -0.757. The third-order valence-corrected chi connectivity index (χ3v) is 5.12. The van der Waals surface area contributed by atoms with Crippen LogP contribution in [-0.4, -0.2) is 25.9 Å². The summed E-state index contributed by atoms with van der Waals surface area (Å²) < 4.78 is 25.8. The molecular weight excluding hydrogens is 368 g/mol. The van der Waals surface area contributed by atoms with E-state index in [1.807, 2.05) is 0 Å². The minimum Gasteiger partial charge on any atom is -0.314 e. The summed E-state index contributed by atoms with van der Waals surface area (Å²) in [7, 11) is -3.90. The largest absolute Gasteiger partial charge is 0.314 e. The summed E-state index contributed by atoms with van der Waals surface area (Å²) in [5.74, 6) is 0.669. The van der Waals surface area contributed by atoms with Gasteiger partial charge in [-0.15, -0.1) is 10.1 Å². The first-order valence-corrected chi connectivity index (χ1v) is 9.15. The summed E-state index contributed by atoms with van der Waals surface area (Å²) in [6, 6.07) is 2.82. The SMILES string of the molecule is NS(=O)(=O)c1cc2c(cc1Cl)N=C(CCCCO[N+](=O)[O-])NS2. The van der Waals surface area contributed by atoms with Crippen LogP contribution in [0.2, 0.25) is 5.02 Å². The molecule has 0 atom stereocenters. The van der Waals surface area contributed by atoms with Crippen LogP contribution in [-0.2, 0) is 14.9 Å². The number of nitrogens with two attached hydrogens (primary N) is 1. The van der Waals surface area contributed by atoms with E-state index in [2.05, 4.69) is 14.6 Å². The van der Waals surface area contributed by atoms with Crippen molar-refractivity contribution in [3.05, 3.63) is 27.3 Å². The van der Waals surface area contributed by atoms with E-state index >= 15 is 0 Å². The average Bonchev–Trinajstić information content (AvgIpc) is 2.44. The van der Waals surface area contributed by atoms with Gasteiger partial charge in [-0.1, -0.05) is 11.6 Å². The Morgan fingerprint density at radius 3 is 2.83 bits per heavy atom. The van der Waals surface area contributed by atoms with Crippen molar-refractivity contribution < 1.29 is 18.3 Å². The second-order valence-electron chi connectivity index (χ2n) is 4.57. The molecule has 0 unspecified atom stereocenters. The van der Waals surface area contributed by atoms with Crippen molar-refractivity contribution in [2.75, 3.05) is 6.61 Å². The zero-order valence-electron chi connectivity index (χ0n) is 11.7. The molecule has 0 bridgehead atoms. The number of hydrogen-bond donors (Lipinski definition) is 2. The van der Waals surface area contributed by atoms with Crippen LogP contribution in [0.15, 0.2) is 26.9 Å². The highest BCUT2D eigenvalue weighted by Crippen LogP contribution is 2.37. The lowest BCUT2D eigenvalue weighted by Crippen LogP contribution is -2.19. The molecule has 2 rings (SSSR count). The number of nitrogens with zero attached hydrogens (tertiary/aromatic N) is 2. The Kier molecular flexibility index (Phi) is 5.68. The first kappa shape index (κ1) is 17.8. The fraction of sp³-hybridized carbons (Fsp3) is 0.364. The van der Waals surface area contributed by atoms with Crippen molar-refractivity contribution in [1.29, 1.82) is 0 Å². The van der Waals surface area contributed by atoms with E-state index in [-0.39, 0.29) is 16.5 Å². The van der Waals surface area contributed by atoms with Gasteiger partial charge in [0.15, 0.2) is 0 Å². The molecule has 12 heteroatoms. The first-order valence-electron chi connectivity index (χ1n) is 6.41. The Bertz CT molecular complexity index is 753. The number of unbranched alkanes of at least 4 members (excludes halogenated alkanes) is 1. The van der Waals surface area contributed by atoms with Gasteiger partial charge in [0.25, 0.3) is 5.09 Å². The summed E-state index contributed by atoms with van der Waals surface area (Å²) in [6.45, 7) is 0.0353. The molecule has 1 aromatic carbocycles. The zero-order valence-corrected chi connectivity index (χ0v) is 14.1. The molecule has 0 aliphatic carbocycles. The predicted octanol–water partition coefficient (Wildman–Crippen LogP) is 2.01. The number of fused-ring (bicyclic) bond motifs is 1. The molecule has 1 heterocycles. The Labute approximate surface area is 141 Å². The van der Waals surface area contributed by atoms with Crippen LogP contribution in [0.3, 0.4) is 0 Å². The fourth-order valence-electron chi connectivity index (χ4n) is 1.83. The lowest BCUT2D eigenvalue weighted by Gasteiger charge is -2.17. The number of rotatable bonds is 7. The molecule has 1 aliphatic rings. The summed E-state index contributed by atoms with van der Waals surface area (Å²) in [6.07, 6.45) is 1.74. The van der Waals surface area contributed by atoms with E-state index in [4.69, 9.17) is 16.7 Å². The second kappa shape index (κ2) is 7.34. The number of benzene rings is 1. The molecule has 0 saturated heterocycles. The smallest absolute Gasteiger partial charge is 0.294 e. The van der Waals surface area contributed by atoms with Crippen LogP contribution < -0.4 is 9.86 Å². The van der Waals surface area contributed by atoms with Gasteiger partial charge in [0, 0.05) is 6.42 Å². The molecule has 23 heavy (non-hydrogen) atoms. The standard InChI is InChI=1S/C11H13ClN4O5S2/c12-7-5-8-9(6-10(7)23(13,19)20)22-15-11(14-8)3-1-2-4-21-16(17)18/h5-6H,1-4H2,(H,14,15)(H2,13,19,20). The van der Waals surface area contributed by atoms with Crippen molar-refractivity contribution in [2.45, 2.75) is 29.1 Å². The van der Waals surface area contributed by atoms with E-state index in [0.717, 1.165) is 0 Å². The third kappa shape index (κ3) is 4.96.